The Morgan fingerprint density at radius 1 is 1.27 bits per heavy atom. The van der Waals surface area contributed by atoms with Crippen LogP contribution in [0.2, 0.25) is 0 Å². The second-order valence-electron chi connectivity index (χ2n) is 8.23. The average Bonchev–Trinajstić information content (AvgIpc) is 3.26. The molecule has 8 heteroatoms. The normalized spacial score (nSPS) is 20.6. The lowest BCUT2D eigenvalue weighted by Crippen LogP contribution is -2.51. The minimum Gasteiger partial charge on any atom is -0.396 e. The summed E-state index contributed by atoms with van der Waals surface area (Å²) in [5, 5.41) is 6.65. The number of nitrogens with two attached hydrogens (primary N) is 1. The molecule has 30 heavy (non-hydrogen) atoms. The maximum absolute atomic E-state index is 12.6. The van der Waals surface area contributed by atoms with Gasteiger partial charge in [-0.25, -0.2) is 9.97 Å². The van der Waals surface area contributed by atoms with Crippen LogP contribution in [-0.2, 0) is 6.42 Å². The molecule has 1 amide bonds. The second kappa shape index (κ2) is 7.85. The van der Waals surface area contributed by atoms with Crippen LogP contribution in [-0.4, -0.2) is 47.6 Å². The third kappa shape index (κ3) is 3.73. The van der Waals surface area contributed by atoms with Crippen LogP contribution in [0.25, 0.3) is 10.3 Å². The van der Waals surface area contributed by atoms with E-state index in [1.807, 2.05) is 6.92 Å². The number of nitrogen functional groups attached to an aromatic ring is 1. The molecule has 2 saturated heterocycles. The summed E-state index contributed by atoms with van der Waals surface area (Å²) in [4.78, 5) is 25.0. The van der Waals surface area contributed by atoms with Crippen LogP contribution in [0.3, 0.4) is 0 Å². The van der Waals surface area contributed by atoms with Gasteiger partial charge < -0.3 is 21.3 Å². The van der Waals surface area contributed by atoms with Gasteiger partial charge in [0.25, 0.3) is 5.91 Å². The highest BCUT2D eigenvalue weighted by molar-refractivity contribution is 7.21. The summed E-state index contributed by atoms with van der Waals surface area (Å²) in [7, 11) is 0. The molecule has 0 spiro atoms. The van der Waals surface area contributed by atoms with Gasteiger partial charge >= 0.3 is 0 Å². The van der Waals surface area contributed by atoms with E-state index < -0.39 is 0 Å². The number of amides is 1. The number of aromatic nitrogens is 2. The predicted octanol–water partition coefficient (Wildman–Crippen LogP) is 2.50. The zero-order chi connectivity index (χ0) is 20.7. The van der Waals surface area contributed by atoms with Crippen molar-refractivity contribution in [2.75, 3.05) is 30.3 Å². The van der Waals surface area contributed by atoms with Crippen molar-refractivity contribution < 1.29 is 4.79 Å². The number of aryl methyl sites for hydroxylation is 1. The van der Waals surface area contributed by atoms with Crippen LogP contribution in [0.4, 0.5) is 11.4 Å². The molecule has 0 aliphatic carbocycles. The molecule has 5 rings (SSSR count). The Hall–Kier alpha value is -2.71. The number of thiophene rings is 1. The summed E-state index contributed by atoms with van der Waals surface area (Å²) in [5.74, 6) is -0.164. The highest BCUT2D eigenvalue weighted by Crippen LogP contribution is 2.30. The number of nitrogens with one attached hydrogen (secondary N) is 2. The van der Waals surface area contributed by atoms with Gasteiger partial charge in [-0.05, 0) is 43.9 Å². The molecule has 2 atom stereocenters. The van der Waals surface area contributed by atoms with Gasteiger partial charge in [0.15, 0.2) is 0 Å². The van der Waals surface area contributed by atoms with Crippen LogP contribution < -0.4 is 21.3 Å². The third-order valence-corrected chi connectivity index (χ3v) is 7.07. The molecule has 156 valence electrons. The number of carbonyl (C=O) groups excluding carboxylic acids is 1. The van der Waals surface area contributed by atoms with E-state index in [4.69, 9.17) is 5.73 Å². The predicted molar refractivity (Wildman–Crippen MR) is 121 cm³/mol. The summed E-state index contributed by atoms with van der Waals surface area (Å²) in [6.07, 6.45) is 5.02. The maximum atomic E-state index is 12.6. The first kappa shape index (κ1) is 19.3. The molecule has 1 aromatic carbocycles. The second-order valence-corrected chi connectivity index (χ2v) is 9.22. The number of fused-ring (bicyclic) bond motifs is 3. The van der Waals surface area contributed by atoms with Crippen molar-refractivity contribution in [2.45, 2.75) is 38.3 Å². The SMILES string of the molecule is Cc1cnc2c(N)c(C(=O)NCCc3ccc(N4CC5CCC(C4)N5)cc3)sc2n1. The number of benzene rings is 1. The molecular weight excluding hydrogens is 396 g/mol. The largest absolute Gasteiger partial charge is 0.396 e. The smallest absolute Gasteiger partial charge is 0.263 e. The number of anilines is 2. The van der Waals surface area contributed by atoms with Crippen molar-refractivity contribution in [3.8, 4) is 0 Å². The van der Waals surface area contributed by atoms with E-state index in [0.717, 1.165) is 25.2 Å². The van der Waals surface area contributed by atoms with Crippen molar-refractivity contribution in [3.05, 3.63) is 46.6 Å². The van der Waals surface area contributed by atoms with E-state index in [-0.39, 0.29) is 5.91 Å². The highest BCUT2D eigenvalue weighted by atomic mass is 32.1. The summed E-state index contributed by atoms with van der Waals surface area (Å²) in [6.45, 7) is 4.61. The number of hydrogen-bond donors (Lipinski definition) is 3. The molecule has 7 nitrogen and oxygen atoms in total. The van der Waals surface area contributed by atoms with Crippen LogP contribution in [0.1, 0.15) is 33.8 Å². The quantitative estimate of drug-likeness (QED) is 0.585. The van der Waals surface area contributed by atoms with E-state index in [0.29, 0.717) is 39.5 Å². The van der Waals surface area contributed by atoms with E-state index >= 15 is 0 Å². The zero-order valence-electron chi connectivity index (χ0n) is 17.0. The zero-order valence-corrected chi connectivity index (χ0v) is 17.8. The Morgan fingerprint density at radius 2 is 2.00 bits per heavy atom. The van der Waals surface area contributed by atoms with E-state index in [9.17, 15) is 4.79 Å². The standard InChI is InChI=1S/C22H26N6OS/c1-13-10-25-19-18(23)20(30-22(19)26-13)21(29)24-9-8-14-2-6-17(7-3-14)28-11-15-4-5-16(12-28)27-15/h2-3,6-7,10,15-16,27H,4-5,8-9,11-12,23H2,1H3,(H,24,29). The Morgan fingerprint density at radius 3 is 2.73 bits per heavy atom. The summed E-state index contributed by atoms with van der Waals surface area (Å²) >= 11 is 1.29. The summed E-state index contributed by atoms with van der Waals surface area (Å²) in [6, 6.07) is 9.99. The fourth-order valence-corrected chi connectivity index (χ4v) is 5.43. The number of hydrogen-bond acceptors (Lipinski definition) is 7. The van der Waals surface area contributed by atoms with Gasteiger partial charge in [0.2, 0.25) is 0 Å². The van der Waals surface area contributed by atoms with Gasteiger partial charge in [-0.3, -0.25) is 4.79 Å². The minimum absolute atomic E-state index is 0.164. The molecule has 2 aliphatic rings. The topological polar surface area (TPSA) is 96.2 Å². The number of nitrogens with zero attached hydrogens (tertiary/aromatic N) is 3. The molecule has 2 bridgehead atoms. The number of rotatable bonds is 5. The maximum Gasteiger partial charge on any atom is 0.263 e. The molecular formula is C22H26N6OS. The fourth-order valence-electron chi connectivity index (χ4n) is 4.42. The van der Waals surface area contributed by atoms with Gasteiger partial charge in [-0.15, -0.1) is 11.3 Å². The molecule has 0 saturated carbocycles. The highest BCUT2D eigenvalue weighted by Gasteiger charge is 2.32. The molecule has 2 fully saturated rings. The lowest BCUT2D eigenvalue weighted by atomic mass is 10.1. The van der Waals surface area contributed by atoms with Gasteiger partial charge in [0.1, 0.15) is 15.2 Å². The molecule has 4 N–H and O–H groups in total. The molecule has 2 aliphatic heterocycles. The molecule has 2 unspecified atom stereocenters. The summed E-state index contributed by atoms with van der Waals surface area (Å²) < 4.78 is 0. The number of carbonyl (C=O) groups is 1. The van der Waals surface area contributed by atoms with Gasteiger partial charge in [0, 0.05) is 43.6 Å². The van der Waals surface area contributed by atoms with Gasteiger partial charge in [-0.2, -0.15) is 0 Å². The molecule has 4 heterocycles. The van der Waals surface area contributed by atoms with Crippen LogP contribution in [0.15, 0.2) is 30.5 Å². The van der Waals surface area contributed by atoms with Crippen LogP contribution in [0, 0.1) is 6.92 Å². The van der Waals surface area contributed by atoms with E-state index in [2.05, 4.69) is 49.8 Å². The van der Waals surface area contributed by atoms with E-state index in [1.54, 1.807) is 6.20 Å². The lowest BCUT2D eigenvalue weighted by molar-refractivity contribution is 0.0959. The summed E-state index contributed by atoms with van der Waals surface area (Å²) in [5.41, 5.74) is 10.4. The van der Waals surface area contributed by atoms with Crippen LogP contribution >= 0.6 is 11.3 Å². The Bertz CT molecular complexity index is 1070. The first-order valence-electron chi connectivity index (χ1n) is 10.5. The van der Waals surface area contributed by atoms with E-state index in [1.165, 1.54) is 35.4 Å². The first-order chi connectivity index (χ1) is 14.6. The van der Waals surface area contributed by atoms with Crippen molar-refractivity contribution in [2.24, 2.45) is 0 Å². The number of piperazine rings is 1. The van der Waals surface area contributed by atoms with Crippen molar-refractivity contribution in [1.82, 2.24) is 20.6 Å². The minimum atomic E-state index is -0.164. The van der Waals surface area contributed by atoms with Crippen LogP contribution in [0.5, 0.6) is 0 Å². The molecule has 3 aromatic rings. The van der Waals surface area contributed by atoms with Crippen molar-refractivity contribution >= 4 is 39.0 Å². The monoisotopic (exact) mass is 422 g/mol. The average molecular weight is 423 g/mol. The van der Waals surface area contributed by atoms with Crippen molar-refractivity contribution in [1.29, 1.82) is 0 Å². The van der Waals surface area contributed by atoms with Gasteiger partial charge in [0.05, 0.1) is 11.4 Å². The van der Waals surface area contributed by atoms with Crippen molar-refractivity contribution in [3.63, 3.8) is 0 Å². The Balaban J connectivity index is 1.18. The third-order valence-electron chi connectivity index (χ3n) is 5.98. The van der Waals surface area contributed by atoms with Gasteiger partial charge in [-0.1, -0.05) is 12.1 Å². The lowest BCUT2D eigenvalue weighted by Gasteiger charge is -2.34. The fraction of sp³-hybridized carbons (Fsp3) is 0.409. The Kier molecular flexibility index (Phi) is 5.04. The molecule has 2 aromatic heterocycles. The molecule has 0 radical (unpaired) electrons. The Labute approximate surface area is 179 Å². The first-order valence-corrected chi connectivity index (χ1v) is 11.3.